The normalized spacial score (nSPS) is 16.6. The number of nitrogens with zero attached hydrogens (tertiary/aromatic N) is 1. The molecule has 1 saturated heterocycles. The summed E-state index contributed by atoms with van der Waals surface area (Å²) in [6, 6.07) is 15.2. The third-order valence-corrected chi connectivity index (χ3v) is 4.58. The Balaban J connectivity index is 1.99. The first-order valence-electron chi connectivity index (χ1n) is 6.97. The van der Waals surface area contributed by atoms with Crippen LogP contribution in [0.3, 0.4) is 0 Å². The molecule has 2 amide bonds. The number of hydrogen-bond acceptors (Lipinski definition) is 3. The summed E-state index contributed by atoms with van der Waals surface area (Å²) in [5.41, 5.74) is 3.59. The van der Waals surface area contributed by atoms with Crippen molar-refractivity contribution in [1.29, 1.82) is 0 Å². The Labute approximate surface area is 133 Å². The van der Waals surface area contributed by atoms with Crippen LogP contribution in [0.1, 0.15) is 16.7 Å². The van der Waals surface area contributed by atoms with Gasteiger partial charge in [-0.2, -0.15) is 0 Å². The van der Waals surface area contributed by atoms with E-state index in [0.717, 1.165) is 28.5 Å². The van der Waals surface area contributed by atoms with Crippen LogP contribution in [0.15, 0.2) is 53.4 Å². The molecular formula is C18H15NO2S. The molecular weight excluding hydrogens is 294 g/mol. The summed E-state index contributed by atoms with van der Waals surface area (Å²) < 4.78 is 0. The van der Waals surface area contributed by atoms with Crippen LogP contribution in [0.2, 0.25) is 0 Å². The number of amides is 2. The lowest BCUT2D eigenvalue weighted by Gasteiger charge is -2.16. The fourth-order valence-corrected chi connectivity index (χ4v) is 3.19. The second-order valence-corrected chi connectivity index (χ2v) is 6.14. The van der Waals surface area contributed by atoms with Crippen molar-refractivity contribution in [3.05, 3.63) is 70.1 Å². The van der Waals surface area contributed by atoms with Crippen LogP contribution in [0.5, 0.6) is 0 Å². The zero-order valence-corrected chi connectivity index (χ0v) is 13.2. The van der Waals surface area contributed by atoms with Crippen LogP contribution in [-0.4, -0.2) is 11.1 Å². The second-order valence-electron chi connectivity index (χ2n) is 5.15. The Hall–Kier alpha value is -2.33. The summed E-state index contributed by atoms with van der Waals surface area (Å²) in [6.45, 7) is 3.90. The summed E-state index contributed by atoms with van der Waals surface area (Å²) in [5, 5.41) is -0.249. The quantitative estimate of drug-likeness (QED) is 0.764. The molecule has 0 atom stereocenters. The number of carbonyl (C=O) groups excluding carboxylic acids is 2. The Morgan fingerprint density at radius 2 is 1.68 bits per heavy atom. The van der Waals surface area contributed by atoms with E-state index in [9.17, 15) is 9.59 Å². The van der Waals surface area contributed by atoms with Crippen LogP contribution in [0, 0.1) is 13.8 Å². The van der Waals surface area contributed by atoms with E-state index in [4.69, 9.17) is 0 Å². The van der Waals surface area contributed by atoms with Gasteiger partial charge < -0.3 is 0 Å². The molecule has 0 bridgehead atoms. The largest absolute Gasteiger partial charge is 0.298 e. The molecule has 0 N–H and O–H groups in total. The summed E-state index contributed by atoms with van der Waals surface area (Å²) in [6.07, 6.45) is 1.76. The maximum Gasteiger partial charge on any atom is 0.298 e. The third-order valence-electron chi connectivity index (χ3n) is 3.71. The van der Waals surface area contributed by atoms with Crippen LogP contribution < -0.4 is 4.90 Å². The highest BCUT2D eigenvalue weighted by atomic mass is 32.2. The number of thioether (sulfide) groups is 1. The van der Waals surface area contributed by atoms with E-state index in [1.165, 1.54) is 4.90 Å². The lowest BCUT2D eigenvalue weighted by molar-refractivity contribution is -0.113. The predicted octanol–water partition coefficient (Wildman–Crippen LogP) is 4.54. The standard InChI is InChI=1S/C18H15NO2S/c1-12-7-6-10-15(13(12)2)19-17(20)16(22-18(19)21)11-14-8-4-3-5-9-14/h3-11H,1-2H3/b16-11-. The molecule has 1 fully saturated rings. The van der Waals surface area contributed by atoms with Gasteiger partial charge in [0.1, 0.15) is 0 Å². The zero-order chi connectivity index (χ0) is 15.7. The van der Waals surface area contributed by atoms with E-state index in [0.29, 0.717) is 10.6 Å². The van der Waals surface area contributed by atoms with E-state index in [2.05, 4.69) is 0 Å². The lowest BCUT2D eigenvalue weighted by Crippen LogP contribution is -2.28. The van der Waals surface area contributed by atoms with Crippen LogP contribution in [-0.2, 0) is 4.79 Å². The first-order chi connectivity index (χ1) is 10.6. The monoisotopic (exact) mass is 309 g/mol. The van der Waals surface area contributed by atoms with Gasteiger partial charge in [-0.05, 0) is 54.4 Å². The maximum absolute atomic E-state index is 12.6. The van der Waals surface area contributed by atoms with Gasteiger partial charge in [-0.25, -0.2) is 4.90 Å². The maximum atomic E-state index is 12.6. The van der Waals surface area contributed by atoms with Gasteiger partial charge in [0.25, 0.3) is 11.1 Å². The molecule has 0 aromatic heterocycles. The highest BCUT2D eigenvalue weighted by molar-refractivity contribution is 8.19. The first-order valence-corrected chi connectivity index (χ1v) is 7.79. The van der Waals surface area contributed by atoms with E-state index >= 15 is 0 Å². The molecule has 2 aromatic rings. The molecule has 0 saturated carbocycles. The molecule has 1 heterocycles. The Bertz CT molecular complexity index is 781. The lowest BCUT2D eigenvalue weighted by atomic mass is 10.1. The highest BCUT2D eigenvalue weighted by Gasteiger charge is 2.37. The Kier molecular flexibility index (Phi) is 3.86. The Morgan fingerprint density at radius 3 is 2.41 bits per heavy atom. The summed E-state index contributed by atoms with van der Waals surface area (Å²) in [5.74, 6) is -0.257. The van der Waals surface area contributed by atoms with Crippen molar-refractivity contribution in [3.63, 3.8) is 0 Å². The van der Waals surface area contributed by atoms with Gasteiger partial charge in [0.2, 0.25) is 0 Å². The van der Waals surface area contributed by atoms with Crippen LogP contribution >= 0.6 is 11.8 Å². The van der Waals surface area contributed by atoms with Crippen molar-refractivity contribution in [2.45, 2.75) is 13.8 Å². The third kappa shape index (κ3) is 2.57. The van der Waals surface area contributed by atoms with Crippen molar-refractivity contribution in [1.82, 2.24) is 0 Å². The number of aryl methyl sites for hydroxylation is 1. The highest BCUT2D eigenvalue weighted by Crippen LogP contribution is 2.37. The fraction of sp³-hybridized carbons (Fsp3) is 0.111. The SMILES string of the molecule is Cc1cccc(N2C(=O)S/C(=C\c3ccccc3)C2=O)c1C. The van der Waals surface area contributed by atoms with Gasteiger partial charge in [0.15, 0.2) is 0 Å². The molecule has 1 aliphatic rings. The fourth-order valence-electron chi connectivity index (χ4n) is 2.35. The van der Waals surface area contributed by atoms with Crippen molar-refractivity contribution in [2.24, 2.45) is 0 Å². The van der Waals surface area contributed by atoms with Gasteiger partial charge in [-0.1, -0.05) is 42.5 Å². The minimum absolute atomic E-state index is 0.249. The van der Waals surface area contributed by atoms with E-state index in [1.807, 2.05) is 62.4 Å². The smallest absolute Gasteiger partial charge is 0.268 e. The minimum Gasteiger partial charge on any atom is -0.268 e. The summed E-state index contributed by atoms with van der Waals surface area (Å²) in [7, 11) is 0. The molecule has 3 nitrogen and oxygen atoms in total. The van der Waals surface area contributed by atoms with E-state index in [1.54, 1.807) is 6.08 Å². The molecule has 110 valence electrons. The second kappa shape index (κ2) is 5.81. The number of carbonyl (C=O) groups is 2. The molecule has 0 aliphatic carbocycles. The van der Waals surface area contributed by atoms with Crippen LogP contribution in [0.25, 0.3) is 6.08 Å². The molecule has 0 radical (unpaired) electrons. The van der Waals surface area contributed by atoms with E-state index < -0.39 is 0 Å². The zero-order valence-electron chi connectivity index (χ0n) is 12.4. The molecule has 0 unspecified atom stereocenters. The number of anilines is 1. The summed E-state index contributed by atoms with van der Waals surface area (Å²) in [4.78, 5) is 26.6. The average Bonchev–Trinajstić information content (AvgIpc) is 2.78. The number of rotatable bonds is 2. The van der Waals surface area contributed by atoms with Gasteiger partial charge in [0, 0.05) is 0 Å². The van der Waals surface area contributed by atoms with Gasteiger partial charge >= 0.3 is 0 Å². The molecule has 4 heteroatoms. The minimum atomic E-state index is -0.257. The van der Waals surface area contributed by atoms with Crippen molar-refractivity contribution in [3.8, 4) is 0 Å². The van der Waals surface area contributed by atoms with Gasteiger partial charge in [-0.3, -0.25) is 9.59 Å². The average molecular weight is 309 g/mol. The molecule has 22 heavy (non-hydrogen) atoms. The number of hydrogen-bond donors (Lipinski definition) is 0. The predicted molar refractivity (Wildman–Crippen MR) is 90.8 cm³/mol. The number of benzene rings is 2. The van der Waals surface area contributed by atoms with Crippen molar-refractivity contribution >= 4 is 34.7 Å². The summed E-state index contributed by atoms with van der Waals surface area (Å²) >= 11 is 0.985. The molecule has 3 rings (SSSR count). The van der Waals surface area contributed by atoms with Gasteiger partial charge in [0.05, 0.1) is 10.6 Å². The molecule has 2 aromatic carbocycles. The van der Waals surface area contributed by atoms with Crippen molar-refractivity contribution in [2.75, 3.05) is 4.90 Å². The van der Waals surface area contributed by atoms with E-state index in [-0.39, 0.29) is 11.1 Å². The molecule has 1 aliphatic heterocycles. The van der Waals surface area contributed by atoms with Gasteiger partial charge in [-0.15, -0.1) is 0 Å². The topological polar surface area (TPSA) is 37.4 Å². The number of imide groups is 1. The first kappa shape index (κ1) is 14.6. The molecule has 0 spiro atoms. The Morgan fingerprint density at radius 1 is 0.955 bits per heavy atom. The van der Waals surface area contributed by atoms with Crippen molar-refractivity contribution < 1.29 is 9.59 Å². The van der Waals surface area contributed by atoms with Crippen LogP contribution in [0.4, 0.5) is 10.5 Å².